The normalized spacial score (nSPS) is 10.9. The molecule has 0 aliphatic carbocycles. The van der Waals surface area contributed by atoms with Crippen LogP contribution in [0, 0.1) is 25.2 Å². The van der Waals surface area contributed by atoms with Crippen molar-refractivity contribution < 1.29 is 28.6 Å². The van der Waals surface area contributed by atoms with Gasteiger partial charge in [-0.15, -0.1) is 0 Å². The van der Waals surface area contributed by atoms with Crippen molar-refractivity contribution >= 4 is 23.6 Å². The molecule has 0 aliphatic rings. The molecule has 0 unspecified atom stereocenters. The molecule has 2 N–H and O–H groups in total. The largest absolute Gasteiger partial charge is 0.490 e. The molecule has 0 aliphatic heterocycles. The van der Waals surface area contributed by atoms with Gasteiger partial charge in [-0.05, 0) is 79.9 Å². The van der Waals surface area contributed by atoms with Gasteiger partial charge in [0, 0.05) is 5.69 Å². The first-order valence-corrected chi connectivity index (χ1v) is 10.5. The number of carboxylic acid groups (broad SMARTS) is 1. The van der Waals surface area contributed by atoms with Crippen molar-refractivity contribution in [3.05, 3.63) is 82.3 Å². The van der Waals surface area contributed by atoms with Crippen molar-refractivity contribution in [1.82, 2.24) is 0 Å². The van der Waals surface area contributed by atoms with Gasteiger partial charge in [-0.2, -0.15) is 5.26 Å². The van der Waals surface area contributed by atoms with E-state index in [1.165, 1.54) is 18.2 Å². The molecule has 8 heteroatoms. The van der Waals surface area contributed by atoms with Crippen LogP contribution >= 0.6 is 0 Å². The van der Waals surface area contributed by atoms with E-state index in [9.17, 15) is 14.9 Å². The van der Waals surface area contributed by atoms with E-state index >= 15 is 0 Å². The minimum atomic E-state index is -1.16. The summed E-state index contributed by atoms with van der Waals surface area (Å²) in [5.74, 6) is -0.687. The van der Waals surface area contributed by atoms with Crippen LogP contribution in [-0.4, -0.2) is 23.6 Å². The van der Waals surface area contributed by atoms with Gasteiger partial charge in [0.2, 0.25) is 5.76 Å². The molecule has 1 heterocycles. The fourth-order valence-corrected chi connectivity index (χ4v) is 3.05. The lowest BCUT2D eigenvalue weighted by atomic mass is 10.1. The summed E-state index contributed by atoms with van der Waals surface area (Å²) in [6.45, 7) is 6.11. The molecule has 0 spiro atoms. The molecule has 0 saturated heterocycles. The van der Waals surface area contributed by atoms with Crippen molar-refractivity contribution in [2.24, 2.45) is 0 Å². The number of anilines is 1. The Morgan fingerprint density at radius 2 is 1.85 bits per heavy atom. The number of rotatable bonds is 9. The van der Waals surface area contributed by atoms with E-state index in [4.69, 9.17) is 19.0 Å². The summed E-state index contributed by atoms with van der Waals surface area (Å²) in [7, 11) is 0. The fourth-order valence-electron chi connectivity index (χ4n) is 3.05. The number of ether oxygens (including phenoxy) is 2. The molecule has 2 aromatic carbocycles. The fraction of sp³-hybridized carbons (Fsp3) is 0.192. The number of aryl methyl sites for hydroxylation is 2. The van der Waals surface area contributed by atoms with Gasteiger partial charge < -0.3 is 24.3 Å². The highest BCUT2D eigenvalue weighted by atomic mass is 16.5. The zero-order valence-corrected chi connectivity index (χ0v) is 19.0. The molecule has 0 atom stereocenters. The summed E-state index contributed by atoms with van der Waals surface area (Å²) in [6.07, 6.45) is 1.47. The molecule has 3 aromatic rings. The van der Waals surface area contributed by atoms with Gasteiger partial charge in [-0.1, -0.05) is 12.1 Å². The number of carbonyl (C=O) groups is 2. The molecular weight excluding hydrogens is 436 g/mol. The Morgan fingerprint density at radius 3 is 2.50 bits per heavy atom. The average Bonchev–Trinajstić information content (AvgIpc) is 3.29. The highest BCUT2D eigenvalue weighted by Crippen LogP contribution is 2.30. The van der Waals surface area contributed by atoms with E-state index in [2.05, 4.69) is 5.32 Å². The Bertz CT molecular complexity index is 1280. The van der Waals surface area contributed by atoms with E-state index in [0.717, 1.165) is 11.1 Å². The van der Waals surface area contributed by atoms with Gasteiger partial charge in [0.15, 0.2) is 11.5 Å². The Hall–Kier alpha value is -4.51. The predicted molar refractivity (Wildman–Crippen MR) is 126 cm³/mol. The molecule has 34 heavy (non-hydrogen) atoms. The van der Waals surface area contributed by atoms with Gasteiger partial charge in [0.1, 0.15) is 24.0 Å². The standard InChI is InChI=1S/C26H24N2O6/c1-4-32-24-13-18(6-9-22(24)33-15-21-8-10-23(34-21)26(30)31)12-19(14-27)25(29)28-20-7-5-16(2)17(3)11-20/h5-13H,4,15H2,1-3H3,(H,28,29)(H,30,31). The molecule has 3 rings (SSSR count). The van der Waals surface area contributed by atoms with Crippen molar-refractivity contribution in [2.45, 2.75) is 27.4 Å². The van der Waals surface area contributed by atoms with Gasteiger partial charge in [0.05, 0.1) is 6.61 Å². The van der Waals surface area contributed by atoms with Gasteiger partial charge in [-0.3, -0.25) is 4.79 Å². The number of carboxylic acids is 1. The van der Waals surface area contributed by atoms with Crippen molar-refractivity contribution in [3.8, 4) is 17.6 Å². The van der Waals surface area contributed by atoms with E-state index < -0.39 is 11.9 Å². The lowest BCUT2D eigenvalue weighted by molar-refractivity contribution is -0.112. The zero-order valence-electron chi connectivity index (χ0n) is 19.0. The van der Waals surface area contributed by atoms with Crippen LogP contribution < -0.4 is 14.8 Å². The van der Waals surface area contributed by atoms with E-state index in [1.54, 1.807) is 24.3 Å². The van der Waals surface area contributed by atoms with Crippen LogP contribution in [0.4, 0.5) is 5.69 Å². The minimum Gasteiger partial charge on any atom is -0.490 e. The number of benzene rings is 2. The Labute approximate surface area is 197 Å². The number of nitriles is 1. The second kappa shape index (κ2) is 10.9. The first-order valence-electron chi connectivity index (χ1n) is 10.5. The molecule has 0 saturated carbocycles. The maximum absolute atomic E-state index is 12.6. The lowest BCUT2D eigenvalue weighted by Crippen LogP contribution is -2.13. The summed E-state index contributed by atoms with van der Waals surface area (Å²) >= 11 is 0. The van der Waals surface area contributed by atoms with Crippen LogP contribution in [0.25, 0.3) is 6.08 Å². The van der Waals surface area contributed by atoms with Crippen LogP contribution in [0.2, 0.25) is 0 Å². The molecule has 1 amide bonds. The van der Waals surface area contributed by atoms with E-state index in [0.29, 0.717) is 35.1 Å². The Morgan fingerprint density at radius 1 is 1.06 bits per heavy atom. The van der Waals surface area contributed by atoms with Crippen LogP contribution in [-0.2, 0) is 11.4 Å². The molecule has 0 radical (unpaired) electrons. The summed E-state index contributed by atoms with van der Waals surface area (Å²) < 4.78 is 16.6. The maximum Gasteiger partial charge on any atom is 0.371 e. The monoisotopic (exact) mass is 460 g/mol. The number of hydrogen-bond acceptors (Lipinski definition) is 6. The van der Waals surface area contributed by atoms with Crippen LogP contribution in [0.15, 0.2) is 58.5 Å². The first-order chi connectivity index (χ1) is 16.3. The SMILES string of the molecule is CCOc1cc(C=C(C#N)C(=O)Nc2ccc(C)c(C)c2)ccc1OCc1ccc(C(=O)O)o1. The van der Waals surface area contributed by atoms with Crippen LogP contribution in [0.3, 0.4) is 0 Å². The van der Waals surface area contributed by atoms with E-state index in [-0.39, 0.29) is 17.9 Å². The molecular formula is C26H24N2O6. The summed E-state index contributed by atoms with van der Waals surface area (Å²) in [6, 6.07) is 15.3. The van der Waals surface area contributed by atoms with Crippen LogP contribution in [0.1, 0.15) is 39.9 Å². The van der Waals surface area contributed by atoms with Gasteiger partial charge in [-0.25, -0.2) is 4.79 Å². The summed E-state index contributed by atoms with van der Waals surface area (Å²) in [5, 5.41) is 21.2. The van der Waals surface area contributed by atoms with Gasteiger partial charge in [0.25, 0.3) is 5.91 Å². The molecule has 0 bridgehead atoms. The zero-order chi connectivity index (χ0) is 24.7. The third-order valence-electron chi connectivity index (χ3n) is 4.95. The van der Waals surface area contributed by atoms with Crippen molar-refractivity contribution in [3.63, 3.8) is 0 Å². The molecule has 8 nitrogen and oxygen atoms in total. The van der Waals surface area contributed by atoms with Crippen molar-refractivity contribution in [1.29, 1.82) is 5.26 Å². The Balaban J connectivity index is 1.77. The quantitative estimate of drug-likeness (QED) is 0.336. The number of furan rings is 1. The summed E-state index contributed by atoms with van der Waals surface area (Å²) in [4.78, 5) is 23.6. The second-order valence-corrected chi connectivity index (χ2v) is 7.42. The molecule has 1 aromatic heterocycles. The maximum atomic E-state index is 12.6. The van der Waals surface area contributed by atoms with Gasteiger partial charge >= 0.3 is 5.97 Å². The van der Waals surface area contributed by atoms with Crippen molar-refractivity contribution in [2.75, 3.05) is 11.9 Å². The number of nitrogens with one attached hydrogen (secondary N) is 1. The second-order valence-electron chi connectivity index (χ2n) is 7.42. The molecule has 174 valence electrons. The minimum absolute atomic E-state index is 0.00432. The number of nitrogens with zero attached hydrogens (tertiary/aromatic N) is 1. The Kier molecular flexibility index (Phi) is 7.72. The smallest absolute Gasteiger partial charge is 0.371 e. The third-order valence-corrected chi connectivity index (χ3v) is 4.95. The third kappa shape index (κ3) is 6.04. The predicted octanol–water partition coefficient (Wildman–Crippen LogP) is 5.12. The van der Waals surface area contributed by atoms with E-state index in [1.807, 2.05) is 39.0 Å². The average molecular weight is 460 g/mol. The number of aromatic carboxylic acids is 1. The number of carbonyl (C=O) groups excluding carboxylic acids is 1. The highest BCUT2D eigenvalue weighted by molar-refractivity contribution is 6.09. The number of hydrogen-bond donors (Lipinski definition) is 2. The summed E-state index contributed by atoms with van der Waals surface area (Å²) in [5.41, 5.74) is 3.26. The highest BCUT2D eigenvalue weighted by Gasteiger charge is 2.13. The topological polar surface area (TPSA) is 122 Å². The molecule has 0 fully saturated rings. The first kappa shape index (κ1) is 24.1. The lowest BCUT2D eigenvalue weighted by Gasteiger charge is -2.12. The van der Waals surface area contributed by atoms with Crippen LogP contribution in [0.5, 0.6) is 11.5 Å². The number of amides is 1.